The maximum atomic E-state index is 4.94. The molecular formula is C17H23N3S. The Hall–Kier alpha value is -1.23. The molecule has 0 amide bonds. The van der Waals surface area contributed by atoms with Crippen molar-refractivity contribution in [3.05, 3.63) is 40.2 Å². The van der Waals surface area contributed by atoms with Crippen LogP contribution in [0.25, 0.3) is 11.3 Å². The summed E-state index contributed by atoms with van der Waals surface area (Å²) in [6.45, 7) is 8.85. The van der Waals surface area contributed by atoms with Gasteiger partial charge in [-0.1, -0.05) is 31.2 Å². The third kappa shape index (κ3) is 3.18. The number of thiazole rings is 1. The Morgan fingerprint density at radius 1 is 1.29 bits per heavy atom. The van der Waals surface area contributed by atoms with Crippen LogP contribution in [0.15, 0.2) is 29.6 Å². The molecule has 1 N–H and O–H groups in total. The Morgan fingerprint density at radius 2 is 2.05 bits per heavy atom. The largest absolute Gasteiger partial charge is 0.314 e. The van der Waals surface area contributed by atoms with Gasteiger partial charge in [0.15, 0.2) is 0 Å². The molecule has 21 heavy (non-hydrogen) atoms. The second-order valence-electron chi connectivity index (χ2n) is 5.60. The number of nitrogens with zero attached hydrogens (tertiary/aromatic N) is 2. The fourth-order valence-electron chi connectivity index (χ4n) is 3.01. The first-order chi connectivity index (χ1) is 10.3. The summed E-state index contributed by atoms with van der Waals surface area (Å²) in [4.78, 5) is 7.51. The number of aromatic nitrogens is 1. The zero-order valence-corrected chi connectivity index (χ0v) is 13.6. The first-order valence-electron chi connectivity index (χ1n) is 7.75. The van der Waals surface area contributed by atoms with Crippen molar-refractivity contribution in [1.29, 1.82) is 0 Å². The van der Waals surface area contributed by atoms with Crippen LogP contribution in [-0.4, -0.2) is 36.1 Å². The third-order valence-electron chi connectivity index (χ3n) is 4.21. The molecule has 3 rings (SSSR count). The van der Waals surface area contributed by atoms with Gasteiger partial charge >= 0.3 is 0 Å². The molecule has 1 unspecified atom stereocenters. The van der Waals surface area contributed by atoms with E-state index in [4.69, 9.17) is 4.98 Å². The number of piperazine rings is 1. The van der Waals surface area contributed by atoms with Crippen molar-refractivity contribution in [3.63, 3.8) is 0 Å². The molecule has 1 atom stereocenters. The molecule has 1 aromatic carbocycles. The van der Waals surface area contributed by atoms with Gasteiger partial charge in [-0.15, -0.1) is 11.3 Å². The summed E-state index contributed by atoms with van der Waals surface area (Å²) < 4.78 is 0. The monoisotopic (exact) mass is 301 g/mol. The van der Waals surface area contributed by atoms with Gasteiger partial charge in [0.2, 0.25) is 0 Å². The second kappa shape index (κ2) is 6.69. The minimum atomic E-state index is 0.467. The zero-order chi connectivity index (χ0) is 14.7. The summed E-state index contributed by atoms with van der Waals surface area (Å²) in [5.74, 6) is 0. The fourth-order valence-corrected chi connectivity index (χ4v) is 4.04. The van der Waals surface area contributed by atoms with Gasteiger partial charge in [-0.2, -0.15) is 0 Å². The number of aryl methyl sites for hydroxylation is 1. The molecule has 1 aromatic heterocycles. The van der Waals surface area contributed by atoms with E-state index in [9.17, 15) is 0 Å². The van der Waals surface area contributed by atoms with Crippen molar-refractivity contribution >= 4 is 11.3 Å². The van der Waals surface area contributed by atoms with E-state index < -0.39 is 0 Å². The van der Waals surface area contributed by atoms with Gasteiger partial charge in [0.05, 0.1) is 11.7 Å². The summed E-state index contributed by atoms with van der Waals surface area (Å²) in [5.41, 5.74) is 3.68. The predicted octanol–water partition coefficient (Wildman–Crippen LogP) is 3.47. The Morgan fingerprint density at radius 3 is 2.76 bits per heavy atom. The molecule has 0 bridgehead atoms. The maximum absolute atomic E-state index is 4.94. The van der Waals surface area contributed by atoms with Crippen LogP contribution in [-0.2, 0) is 0 Å². The quantitative estimate of drug-likeness (QED) is 0.937. The summed E-state index contributed by atoms with van der Waals surface area (Å²) in [5, 5.41) is 6.90. The predicted molar refractivity (Wildman–Crippen MR) is 89.8 cm³/mol. The topological polar surface area (TPSA) is 28.2 Å². The zero-order valence-electron chi connectivity index (χ0n) is 12.8. The van der Waals surface area contributed by atoms with E-state index in [0.717, 1.165) is 38.3 Å². The van der Waals surface area contributed by atoms with Crippen LogP contribution < -0.4 is 5.32 Å². The van der Waals surface area contributed by atoms with Crippen molar-refractivity contribution in [2.45, 2.75) is 26.3 Å². The molecule has 1 fully saturated rings. The lowest BCUT2D eigenvalue weighted by atomic mass is 10.1. The number of hydrogen-bond acceptors (Lipinski definition) is 4. The van der Waals surface area contributed by atoms with Crippen molar-refractivity contribution in [3.8, 4) is 11.3 Å². The highest BCUT2D eigenvalue weighted by atomic mass is 32.1. The molecule has 1 aliphatic heterocycles. The highest BCUT2D eigenvalue weighted by molar-refractivity contribution is 7.10. The Kier molecular flexibility index (Phi) is 4.68. The van der Waals surface area contributed by atoms with Gasteiger partial charge < -0.3 is 5.32 Å². The molecule has 1 saturated heterocycles. The molecule has 3 nitrogen and oxygen atoms in total. The van der Waals surface area contributed by atoms with Crippen LogP contribution in [0.1, 0.15) is 30.0 Å². The average Bonchev–Trinajstić information content (AvgIpc) is 2.99. The lowest BCUT2D eigenvalue weighted by Crippen LogP contribution is -2.45. The number of rotatable bonds is 4. The molecule has 0 saturated carbocycles. The standard InChI is InChI=1S/C17H23N3S/c1-3-16(20-10-8-18-9-11-20)17-19-15(12-21-17)14-7-5-4-6-13(14)2/h4-7,12,16,18H,3,8-11H2,1-2H3. The van der Waals surface area contributed by atoms with Gasteiger partial charge in [0, 0.05) is 37.1 Å². The van der Waals surface area contributed by atoms with Gasteiger partial charge in [-0.25, -0.2) is 4.98 Å². The van der Waals surface area contributed by atoms with Gasteiger partial charge in [0.1, 0.15) is 5.01 Å². The van der Waals surface area contributed by atoms with E-state index in [1.807, 2.05) is 0 Å². The van der Waals surface area contributed by atoms with Crippen molar-refractivity contribution in [1.82, 2.24) is 15.2 Å². The molecular weight excluding hydrogens is 278 g/mol. The van der Waals surface area contributed by atoms with Crippen LogP contribution in [0.2, 0.25) is 0 Å². The summed E-state index contributed by atoms with van der Waals surface area (Å²) >= 11 is 1.81. The van der Waals surface area contributed by atoms with Crippen LogP contribution >= 0.6 is 11.3 Å². The van der Waals surface area contributed by atoms with E-state index in [2.05, 4.69) is 53.7 Å². The molecule has 2 aromatic rings. The van der Waals surface area contributed by atoms with Gasteiger partial charge in [0.25, 0.3) is 0 Å². The first-order valence-corrected chi connectivity index (χ1v) is 8.63. The summed E-state index contributed by atoms with van der Waals surface area (Å²) in [7, 11) is 0. The van der Waals surface area contributed by atoms with Crippen LogP contribution in [0, 0.1) is 6.92 Å². The Balaban J connectivity index is 1.84. The van der Waals surface area contributed by atoms with E-state index in [1.165, 1.54) is 16.1 Å². The van der Waals surface area contributed by atoms with E-state index in [-0.39, 0.29) is 0 Å². The molecule has 0 radical (unpaired) electrons. The molecule has 0 spiro atoms. The molecule has 2 heterocycles. The van der Waals surface area contributed by atoms with Crippen molar-refractivity contribution < 1.29 is 0 Å². The van der Waals surface area contributed by atoms with Gasteiger partial charge in [-0.05, 0) is 18.9 Å². The highest BCUT2D eigenvalue weighted by Gasteiger charge is 2.23. The Labute approximate surface area is 131 Å². The minimum absolute atomic E-state index is 0.467. The lowest BCUT2D eigenvalue weighted by Gasteiger charge is -2.33. The average molecular weight is 301 g/mol. The number of nitrogens with one attached hydrogen (secondary N) is 1. The normalized spacial score (nSPS) is 17.8. The number of hydrogen-bond donors (Lipinski definition) is 1. The maximum Gasteiger partial charge on any atom is 0.110 e. The van der Waals surface area contributed by atoms with E-state index in [1.54, 1.807) is 11.3 Å². The molecule has 1 aliphatic rings. The van der Waals surface area contributed by atoms with E-state index in [0.29, 0.717) is 6.04 Å². The van der Waals surface area contributed by atoms with Crippen LogP contribution in [0.4, 0.5) is 0 Å². The molecule has 112 valence electrons. The third-order valence-corrected chi connectivity index (χ3v) is 5.15. The summed E-state index contributed by atoms with van der Waals surface area (Å²) in [6, 6.07) is 8.97. The highest BCUT2D eigenvalue weighted by Crippen LogP contribution is 2.31. The summed E-state index contributed by atoms with van der Waals surface area (Å²) in [6.07, 6.45) is 1.13. The fraction of sp³-hybridized carbons (Fsp3) is 0.471. The SMILES string of the molecule is CCC(c1nc(-c2ccccc2C)cs1)N1CCNCC1. The van der Waals surface area contributed by atoms with Crippen LogP contribution in [0.5, 0.6) is 0 Å². The van der Waals surface area contributed by atoms with Crippen molar-refractivity contribution in [2.24, 2.45) is 0 Å². The first kappa shape index (κ1) is 14.7. The van der Waals surface area contributed by atoms with Gasteiger partial charge in [-0.3, -0.25) is 4.90 Å². The van der Waals surface area contributed by atoms with Crippen LogP contribution in [0.3, 0.4) is 0 Å². The van der Waals surface area contributed by atoms with E-state index >= 15 is 0 Å². The minimum Gasteiger partial charge on any atom is -0.314 e. The molecule has 0 aliphatic carbocycles. The Bertz CT molecular complexity index is 587. The number of benzene rings is 1. The lowest BCUT2D eigenvalue weighted by molar-refractivity contribution is 0.169. The second-order valence-corrected chi connectivity index (χ2v) is 6.49. The molecule has 4 heteroatoms. The smallest absolute Gasteiger partial charge is 0.110 e. The van der Waals surface area contributed by atoms with Crippen molar-refractivity contribution in [2.75, 3.05) is 26.2 Å².